The molecule has 0 radical (unpaired) electrons. The van der Waals surface area contributed by atoms with Gasteiger partial charge in [-0.2, -0.15) is 11.8 Å². The van der Waals surface area contributed by atoms with Gasteiger partial charge < -0.3 is 15.3 Å². The molecule has 1 aliphatic heterocycles. The molecule has 0 bridgehead atoms. The number of nitrogens with zero attached hydrogens (tertiary/aromatic N) is 1. The summed E-state index contributed by atoms with van der Waals surface area (Å²) in [6.07, 6.45) is 0.897. The standard InChI is InChI=1S/C21H28N2OS/c1-2-23(15-19-6-4-3-5-7-19)20-10-8-18(9-11-20)14-22-16-21(24)12-13-25-17-21/h3-11,22,24H,2,12-17H2,1H3. The number of aliphatic hydroxyl groups is 1. The van der Waals surface area contributed by atoms with Gasteiger partial charge in [0.25, 0.3) is 0 Å². The second-order valence-corrected chi connectivity index (χ2v) is 7.90. The summed E-state index contributed by atoms with van der Waals surface area (Å²) in [5.41, 5.74) is 3.33. The molecule has 2 N–H and O–H groups in total. The van der Waals surface area contributed by atoms with Crippen LogP contribution in [0.2, 0.25) is 0 Å². The summed E-state index contributed by atoms with van der Waals surface area (Å²) in [7, 11) is 0. The number of benzene rings is 2. The molecule has 1 heterocycles. The number of nitrogens with one attached hydrogen (secondary N) is 1. The molecule has 4 heteroatoms. The summed E-state index contributed by atoms with van der Waals surface area (Å²) in [4.78, 5) is 2.38. The molecule has 134 valence electrons. The summed E-state index contributed by atoms with van der Waals surface area (Å²) in [6, 6.07) is 19.4. The van der Waals surface area contributed by atoms with Gasteiger partial charge in [0.2, 0.25) is 0 Å². The van der Waals surface area contributed by atoms with Crippen LogP contribution < -0.4 is 10.2 Å². The molecule has 1 saturated heterocycles. The van der Waals surface area contributed by atoms with Crippen molar-refractivity contribution in [2.45, 2.75) is 32.0 Å². The van der Waals surface area contributed by atoms with E-state index in [9.17, 15) is 5.11 Å². The lowest BCUT2D eigenvalue weighted by Crippen LogP contribution is -2.40. The van der Waals surface area contributed by atoms with Crippen molar-refractivity contribution in [2.75, 3.05) is 29.5 Å². The maximum Gasteiger partial charge on any atom is 0.0869 e. The third-order valence-corrected chi connectivity index (χ3v) is 6.00. The molecule has 1 atom stereocenters. The van der Waals surface area contributed by atoms with E-state index >= 15 is 0 Å². The highest BCUT2D eigenvalue weighted by atomic mass is 32.2. The lowest BCUT2D eigenvalue weighted by molar-refractivity contribution is 0.0675. The summed E-state index contributed by atoms with van der Waals surface area (Å²) < 4.78 is 0. The Kier molecular flexibility index (Phi) is 6.40. The van der Waals surface area contributed by atoms with E-state index in [0.29, 0.717) is 6.54 Å². The minimum absolute atomic E-state index is 0.515. The molecule has 1 fully saturated rings. The van der Waals surface area contributed by atoms with E-state index in [4.69, 9.17) is 0 Å². The molecule has 1 aliphatic rings. The van der Waals surface area contributed by atoms with Crippen LogP contribution >= 0.6 is 11.8 Å². The van der Waals surface area contributed by atoms with Crippen LogP contribution in [0, 0.1) is 0 Å². The Bertz CT molecular complexity index is 639. The van der Waals surface area contributed by atoms with Crippen LogP contribution in [0.25, 0.3) is 0 Å². The van der Waals surface area contributed by atoms with Crippen LogP contribution in [0.5, 0.6) is 0 Å². The fraction of sp³-hybridized carbons (Fsp3) is 0.429. The van der Waals surface area contributed by atoms with Crippen LogP contribution in [0.15, 0.2) is 54.6 Å². The monoisotopic (exact) mass is 356 g/mol. The summed E-state index contributed by atoms with van der Waals surface area (Å²) >= 11 is 1.84. The van der Waals surface area contributed by atoms with Gasteiger partial charge in [-0.1, -0.05) is 42.5 Å². The van der Waals surface area contributed by atoms with Crippen molar-refractivity contribution >= 4 is 17.4 Å². The third kappa shape index (κ3) is 5.24. The van der Waals surface area contributed by atoms with E-state index in [1.54, 1.807) is 0 Å². The zero-order valence-corrected chi connectivity index (χ0v) is 15.8. The minimum atomic E-state index is -0.515. The normalized spacial score (nSPS) is 19.9. The van der Waals surface area contributed by atoms with E-state index in [-0.39, 0.29) is 0 Å². The Labute approximate surface area is 155 Å². The maximum atomic E-state index is 10.4. The molecule has 25 heavy (non-hydrogen) atoms. The quantitative estimate of drug-likeness (QED) is 0.756. The molecule has 3 rings (SSSR count). The molecule has 0 saturated carbocycles. The first-order valence-electron chi connectivity index (χ1n) is 9.07. The number of anilines is 1. The second kappa shape index (κ2) is 8.75. The molecule has 1 unspecified atom stereocenters. The highest BCUT2D eigenvalue weighted by Gasteiger charge is 2.30. The Morgan fingerprint density at radius 3 is 2.48 bits per heavy atom. The molecule has 0 aliphatic carbocycles. The predicted molar refractivity (Wildman–Crippen MR) is 108 cm³/mol. The van der Waals surface area contributed by atoms with Gasteiger partial charge in [-0.05, 0) is 42.4 Å². The summed E-state index contributed by atoms with van der Waals surface area (Å²) in [5.74, 6) is 1.92. The molecular formula is C21H28N2OS. The summed E-state index contributed by atoms with van der Waals surface area (Å²) in [5, 5.41) is 13.8. The van der Waals surface area contributed by atoms with Gasteiger partial charge in [0, 0.05) is 37.6 Å². The largest absolute Gasteiger partial charge is 0.388 e. The molecule has 3 nitrogen and oxygen atoms in total. The molecule has 0 amide bonds. The first-order chi connectivity index (χ1) is 12.2. The van der Waals surface area contributed by atoms with E-state index in [0.717, 1.165) is 37.6 Å². The van der Waals surface area contributed by atoms with Gasteiger partial charge in [-0.3, -0.25) is 0 Å². The van der Waals surface area contributed by atoms with Crippen LogP contribution in [0.3, 0.4) is 0 Å². The van der Waals surface area contributed by atoms with Crippen molar-refractivity contribution in [3.63, 3.8) is 0 Å². The molecule has 0 spiro atoms. The third-order valence-electron chi connectivity index (χ3n) is 4.77. The SMILES string of the molecule is CCN(Cc1ccccc1)c1ccc(CNCC2(O)CCSC2)cc1. The molecule has 2 aromatic rings. The van der Waals surface area contributed by atoms with E-state index < -0.39 is 5.60 Å². The zero-order valence-electron chi connectivity index (χ0n) is 14.9. The van der Waals surface area contributed by atoms with E-state index in [1.165, 1.54) is 16.8 Å². The van der Waals surface area contributed by atoms with Crippen molar-refractivity contribution in [1.82, 2.24) is 5.32 Å². The predicted octanol–water partition coefficient (Wildman–Crippen LogP) is 3.67. The average Bonchev–Trinajstić information content (AvgIpc) is 3.08. The zero-order chi connectivity index (χ0) is 17.5. The van der Waals surface area contributed by atoms with Crippen LogP contribution in [0.1, 0.15) is 24.5 Å². The fourth-order valence-corrected chi connectivity index (χ4v) is 4.48. The van der Waals surface area contributed by atoms with Gasteiger partial charge in [-0.25, -0.2) is 0 Å². The minimum Gasteiger partial charge on any atom is -0.388 e. The Morgan fingerprint density at radius 2 is 1.84 bits per heavy atom. The number of hydrogen-bond acceptors (Lipinski definition) is 4. The Hall–Kier alpha value is -1.49. The number of rotatable bonds is 8. The fourth-order valence-electron chi connectivity index (χ4n) is 3.19. The maximum absolute atomic E-state index is 10.4. The average molecular weight is 357 g/mol. The van der Waals surface area contributed by atoms with Crippen LogP contribution in [-0.4, -0.2) is 35.3 Å². The lowest BCUT2D eigenvalue weighted by atomic mass is 10.0. The summed E-state index contributed by atoms with van der Waals surface area (Å²) in [6.45, 7) is 5.59. The van der Waals surface area contributed by atoms with Crippen LogP contribution in [-0.2, 0) is 13.1 Å². The van der Waals surface area contributed by atoms with E-state index in [1.807, 2.05) is 11.8 Å². The van der Waals surface area contributed by atoms with Crippen molar-refractivity contribution in [1.29, 1.82) is 0 Å². The first-order valence-corrected chi connectivity index (χ1v) is 10.2. The topological polar surface area (TPSA) is 35.5 Å². The Morgan fingerprint density at radius 1 is 1.08 bits per heavy atom. The smallest absolute Gasteiger partial charge is 0.0869 e. The van der Waals surface area contributed by atoms with Crippen molar-refractivity contribution in [3.05, 3.63) is 65.7 Å². The second-order valence-electron chi connectivity index (χ2n) is 6.80. The highest BCUT2D eigenvalue weighted by molar-refractivity contribution is 7.99. The molecule has 0 aromatic heterocycles. The van der Waals surface area contributed by atoms with Crippen LogP contribution in [0.4, 0.5) is 5.69 Å². The van der Waals surface area contributed by atoms with Crippen molar-refractivity contribution < 1.29 is 5.11 Å². The molecule has 2 aromatic carbocycles. The Balaban J connectivity index is 1.53. The molecular weight excluding hydrogens is 328 g/mol. The van der Waals surface area contributed by atoms with Gasteiger partial charge >= 0.3 is 0 Å². The van der Waals surface area contributed by atoms with Gasteiger partial charge in [-0.15, -0.1) is 0 Å². The number of hydrogen-bond donors (Lipinski definition) is 2. The number of thioether (sulfide) groups is 1. The van der Waals surface area contributed by atoms with Gasteiger partial charge in [0.1, 0.15) is 0 Å². The van der Waals surface area contributed by atoms with Gasteiger partial charge in [0.05, 0.1) is 5.60 Å². The van der Waals surface area contributed by atoms with Gasteiger partial charge in [0.15, 0.2) is 0 Å². The van der Waals surface area contributed by atoms with Crippen molar-refractivity contribution in [3.8, 4) is 0 Å². The van der Waals surface area contributed by atoms with Crippen molar-refractivity contribution in [2.24, 2.45) is 0 Å². The van der Waals surface area contributed by atoms with E-state index in [2.05, 4.69) is 71.7 Å². The highest BCUT2D eigenvalue weighted by Crippen LogP contribution is 2.27. The first kappa shape index (κ1) is 18.3. The lowest BCUT2D eigenvalue weighted by Gasteiger charge is -2.24.